The van der Waals surface area contributed by atoms with Gasteiger partial charge in [0.1, 0.15) is 0 Å². The summed E-state index contributed by atoms with van der Waals surface area (Å²) in [6.07, 6.45) is 0.982. The van der Waals surface area contributed by atoms with Crippen LogP contribution >= 0.6 is 0 Å². The molecular formula is C23H30O9. The quantitative estimate of drug-likeness (QED) is 0.532. The molecule has 176 valence electrons. The van der Waals surface area contributed by atoms with E-state index in [0.29, 0.717) is 18.4 Å². The van der Waals surface area contributed by atoms with E-state index in [9.17, 15) is 34.5 Å². The van der Waals surface area contributed by atoms with Crippen LogP contribution in [-0.4, -0.2) is 45.1 Å². The Bertz CT molecular complexity index is 891. The summed E-state index contributed by atoms with van der Waals surface area (Å²) in [5.74, 6) is -5.55. The van der Waals surface area contributed by atoms with E-state index in [1.807, 2.05) is 0 Å². The Morgan fingerprint density at radius 3 is 2.50 bits per heavy atom. The maximum absolute atomic E-state index is 13.7. The van der Waals surface area contributed by atoms with Crippen LogP contribution in [0.25, 0.3) is 0 Å². The highest BCUT2D eigenvalue weighted by Crippen LogP contribution is 2.63. The minimum absolute atomic E-state index is 0.0373. The Morgan fingerprint density at radius 2 is 1.97 bits per heavy atom. The number of rotatable bonds is 7. The molecule has 2 aliphatic rings. The summed E-state index contributed by atoms with van der Waals surface area (Å²) in [5.41, 5.74) is -1.53. The van der Waals surface area contributed by atoms with E-state index < -0.39 is 64.5 Å². The number of Topliss-reactive ketones (excluding diaryl/α,β-unsaturated/α-hetero) is 1. The van der Waals surface area contributed by atoms with Crippen LogP contribution < -0.4 is 0 Å². The van der Waals surface area contributed by atoms with Crippen LogP contribution in [0.1, 0.15) is 64.5 Å². The zero-order chi connectivity index (χ0) is 23.8. The van der Waals surface area contributed by atoms with E-state index in [2.05, 4.69) is 0 Å². The van der Waals surface area contributed by atoms with Gasteiger partial charge < -0.3 is 24.5 Å². The predicted molar refractivity (Wildman–Crippen MR) is 109 cm³/mol. The van der Waals surface area contributed by atoms with Crippen molar-refractivity contribution in [3.05, 3.63) is 24.2 Å². The SMILES string of the molecule is CC(=O)O[C@H]1C[C@@H](C(=O)O)[C@]2(C)CC[C@H](CC(=O)O)[C@@](C)(CC(O)c3ccoc3)[C@H]2C1=O. The molecule has 0 spiro atoms. The van der Waals surface area contributed by atoms with Gasteiger partial charge >= 0.3 is 17.9 Å². The second kappa shape index (κ2) is 8.69. The largest absolute Gasteiger partial charge is 0.481 e. The number of aliphatic hydroxyl groups is 1. The van der Waals surface area contributed by atoms with E-state index in [1.165, 1.54) is 12.5 Å². The van der Waals surface area contributed by atoms with Gasteiger partial charge in [0.25, 0.3) is 0 Å². The van der Waals surface area contributed by atoms with Crippen LogP contribution in [0, 0.1) is 28.6 Å². The number of aliphatic carboxylic acids is 2. The average molecular weight is 450 g/mol. The fraction of sp³-hybridized carbons (Fsp3) is 0.652. The third-order valence-electron chi connectivity index (χ3n) is 7.72. The number of furan rings is 1. The molecule has 2 aliphatic carbocycles. The minimum Gasteiger partial charge on any atom is -0.481 e. The highest BCUT2D eigenvalue weighted by Gasteiger charge is 2.65. The Balaban J connectivity index is 2.10. The molecule has 32 heavy (non-hydrogen) atoms. The van der Waals surface area contributed by atoms with Crippen LogP contribution in [-0.2, 0) is 23.9 Å². The summed E-state index contributed by atoms with van der Waals surface area (Å²) in [6, 6.07) is 1.59. The third-order valence-corrected chi connectivity index (χ3v) is 7.72. The van der Waals surface area contributed by atoms with Crippen molar-refractivity contribution in [2.45, 2.75) is 65.1 Å². The molecule has 9 nitrogen and oxygen atoms in total. The number of carboxylic acid groups (broad SMARTS) is 2. The van der Waals surface area contributed by atoms with Crippen molar-refractivity contribution in [3.63, 3.8) is 0 Å². The van der Waals surface area contributed by atoms with Gasteiger partial charge in [-0.1, -0.05) is 13.8 Å². The van der Waals surface area contributed by atoms with Crippen molar-refractivity contribution in [3.8, 4) is 0 Å². The zero-order valence-electron chi connectivity index (χ0n) is 18.4. The maximum Gasteiger partial charge on any atom is 0.307 e. The van der Waals surface area contributed by atoms with Crippen LogP contribution in [0.3, 0.4) is 0 Å². The number of hydrogen-bond acceptors (Lipinski definition) is 7. The Morgan fingerprint density at radius 1 is 1.28 bits per heavy atom. The first-order valence-electron chi connectivity index (χ1n) is 10.8. The standard InChI is InChI=1S/C23H30O9/c1-12(24)32-17-9-15(21(29)30)22(2)6-4-14(8-18(26)27)23(3,20(22)19(17)28)10-16(25)13-5-7-31-11-13/h5,7,11,14-17,20,25H,4,6,8-10H2,1-3H3,(H,26,27)(H,29,30)/t14-,15+,16?,17+,20+,22+,23-/m1/s1. The molecule has 1 aromatic heterocycles. The number of carbonyl (C=O) groups excluding carboxylic acids is 2. The number of fused-ring (bicyclic) bond motifs is 1. The van der Waals surface area contributed by atoms with Crippen molar-refractivity contribution < 1.29 is 43.7 Å². The lowest BCUT2D eigenvalue weighted by Crippen LogP contribution is -2.62. The van der Waals surface area contributed by atoms with Gasteiger partial charge in [0.05, 0.1) is 24.5 Å². The molecule has 0 saturated heterocycles. The van der Waals surface area contributed by atoms with E-state index in [4.69, 9.17) is 9.15 Å². The molecule has 0 bridgehead atoms. The average Bonchev–Trinajstić information content (AvgIpc) is 3.20. The van der Waals surface area contributed by atoms with Crippen molar-refractivity contribution >= 4 is 23.7 Å². The van der Waals surface area contributed by atoms with Gasteiger partial charge in [0.2, 0.25) is 0 Å². The van der Waals surface area contributed by atoms with Gasteiger partial charge in [-0.2, -0.15) is 0 Å². The van der Waals surface area contributed by atoms with Gasteiger partial charge in [-0.3, -0.25) is 19.2 Å². The smallest absolute Gasteiger partial charge is 0.307 e. The summed E-state index contributed by atoms with van der Waals surface area (Å²) in [7, 11) is 0. The molecule has 2 saturated carbocycles. The Hall–Kier alpha value is -2.68. The second-order valence-corrected chi connectivity index (χ2v) is 9.68. The molecule has 2 fully saturated rings. The normalized spacial score (nSPS) is 35.6. The Labute approximate surface area is 185 Å². The molecule has 0 aliphatic heterocycles. The van der Waals surface area contributed by atoms with Crippen molar-refractivity contribution in [2.75, 3.05) is 0 Å². The molecule has 3 N–H and O–H groups in total. The topological polar surface area (TPSA) is 151 Å². The molecule has 9 heteroatoms. The number of ether oxygens (including phenoxy) is 1. The van der Waals surface area contributed by atoms with Gasteiger partial charge in [0, 0.05) is 31.2 Å². The first-order chi connectivity index (χ1) is 14.9. The number of ketones is 1. The predicted octanol–water partition coefficient (Wildman–Crippen LogP) is 2.82. The molecule has 7 atom stereocenters. The summed E-state index contributed by atoms with van der Waals surface area (Å²) in [6.45, 7) is 4.66. The maximum atomic E-state index is 13.7. The molecule has 0 radical (unpaired) electrons. The Kier molecular flexibility index (Phi) is 6.51. The summed E-state index contributed by atoms with van der Waals surface area (Å²) >= 11 is 0. The molecule has 0 aromatic carbocycles. The van der Waals surface area contributed by atoms with Crippen LogP contribution in [0.2, 0.25) is 0 Å². The van der Waals surface area contributed by atoms with Crippen molar-refractivity contribution in [1.82, 2.24) is 0 Å². The van der Waals surface area contributed by atoms with Gasteiger partial charge in [-0.05, 0) is 42.1 Å². The fourth-order valence-electron chi connectivity index (χ4n) is 6.28. The molecule has 1 unspecified atom stereocenters. The van der Waals surface area contributed by atoms with Crippen molar-refractivity contribution in [1.29, 1.82) is 0 Å². The van der Waals surface area contributed by atoms with Gasteiger partial charge in [-0.15, -0.1) is 0 Å². The minimum atomic E-state index is -1.22. The second-order valence-electron chi connectivity index (χ2n) is 9.68. The van der Waals surface area contributed by atoms with Gasteiger partial charge in [0.15, 0.2) is 11.9 Å². The molecule has 3 rings (SSSR count). The number of carbonyl (C=O) groups is 4. The van der Waals surface area contributed by atoms with E-state index in [0.717, 1.165) is 6.92 Å². The summed E-state index contributed by atoms with van der Waals surface area (Å²) in [5, 5.41) is 30.4. The molecule has 1 aromatic rings. The van der Waals surface area contributed by atoms with Crippen LogP contribution in [0.15, 0.2) is 23.0 Å². The molecular weight excluding hydrogens is 420 g/mol. The molecule has 0 amide bonds. The van der Waals surface area contributed by atoms with E-state index in [1.54, 1.807) is 19.9 Å². The highest BCUT2D eigenvalue weighted by molar-refractivity contribution is 5.92. The fourth-order valence-corrected chi connectivity index (χ4v) is 6.28. The van der Waals surface area contributed by atoms with Crippen molar-refractivity contribution in [2.24, 2.45) is 28.6 Å². The summed E-state index contributed by atoms with van der Waals surface area (Å²) in [4.78, 5) is 49.2. The highest BCUT2D eigenvalue weighted by atomic mass is 16.5. The number of carboxylic acids is 2. The third kappa shape index (κ3) is 4.18. The lowest BCUT2D eigenvalue weighted by Gasteiger charge is -2.60. The van der Waals surface area contributed by atoms with Crippen LogP contribution in [0.4, 0.5) is 0 Å². The van der Waals surface area contributed by atoms with E-state index in [-0.39, 0.29) is 19.3 Å². The number of esters is 1. The van der Waals surface area contributed by atoms with Crippen LogP contribution in [0.5, 0.6) is 0 Å². The number of aliphatic hydroxyl groups excluding tert-OH is 1. The summed E-state index contributed by atoms with van der Waals surface area (Å²) < 4.78 is 10.3. The lowest BCUT2D eigenvalue weighted by atomic mass is 9.43. The first kappa shape index (κ1) is 24.0. The lowest BCUT2D eigenvalue weighted by molar-refractivity contribution is -0.192. The van der Waals surface area contributed by atoms with E-state index >= 15 is 0 Å². The van der Waals surface area contributed by atoms with Gasteiger partial charge in [-0.25, -0.2) is 0 Å². The first-order valence-corrected chi connectivity index (χ1v) is 10.8. The molecule has 1 heterocycles. The number of hydrogen-bond donors (Lipinski definition) is 3. The monoisotopic (exact) mass is 450 g/mol. The zero-order valence-corrected chi connectivity index (χ0v) is 18.4.